The number of rotatable bonds is 8. The molecule has 2 unspecified atom stereocenters. The van der Waals surface area contributed by atoms with Crippen LogP contribution in [0.2, 0.25) is 0 Å². The summed E-state index contributed by atoms with van der Waals surface area (Å²) in [6, 6.07) is 6.29. The van der Waals surface area contributed by atoms with Gasteiger partial charge in [-0.2, -0.15) is 0 Å². The number of primary amides is 1. The molecule has 150 valence electrons. The normalized spacial score (nSPS) is 21.5. The molecule has 1 heterocycles. The molecule has 1 aliphatic carbocycles. The molecule has 2 atom stereocenters. The fraction of sp³-hybridized carbons (Fsp3) is 0.444. The fourth-order valence-corrected chi connectivity index (χ4v) is 3.67. The van der Waals surface area contributed by atoms with Crippen molar-refractivity contribution in [1.82, 2.24) is 16.0 Å². The summed E-state index contributed by atoms with van der Waals surface area (Å²) in [6.07, 6.45) is 2.50. The zero-order valence-corrected chi connectivity index (χ0v) is 16.0. The van der Waals surface area contributed by atoms with E-state index in [0.717, 1.165) is 12.8 Å². The van der Waals surface area contributed by atoms with Gasteiger partial charge in [-0.05, 0) is 37.1 Å². The number of hydrogen-bond acceptors (Lipinski definition) is 6. The Morgan fingerprint density at radius 3 is 2.50 bits per heavy atom. The summed E-state index contributed by atoms with van der Waals surface area (Å²) in [5.41, 5.74) is 5.64. The molecule has 1 aromatic carbocycles. The molecule has 9 nitrogen and oxygen atoms in total. The quantitative estimate of drug-likeness (QED) is 0.408. The molecular formula is C18H23N5O4S. The predicted molar refractivity (Wildman–Crippen MR) is 105 cm³/mol. The second-order valence-electron chi connectivity index (χ2n) is 6.86. The van der Waals surface area contributed by atoms with Crippen LogP contribution in [0, 0.1) is 0 Å². The van der Waals surface area contributed by atoms with Gasteiger partial charge in [0.15, 0.2) is 0 Å². The van der Waals surface area contributed by atoms with Crippen LogP contribution in [0.4, 0.5) is 5.69 Å². The van der Waals surface area contributed by atoms with E-state index >= 15 is 0 Å². The zero-order chi connectivity index (χ0) is 20.1. The van der Waals surface area contributed by atoms with E-state index in [1.54, 1.807) is 12.1 Å². The van der Waals surface area contributed by atoms with Gasteiger partial charge in [0.2, 0.25) is 23.6 Å². The summed E-state index contributed by atoms with van der Waals surface area (Å²) >= 11 is 1.23. The van der Waals surface area contributed by atoms with Crippen molar-refractivity contribution in [3.8, 4) is 0 Å². The molecule has 0 spiro atoms. The van der Waals surface area contributed by atoms with Gasteiger partial charge in [0, 0.05) is 36.2 Å². The molecule has 28 heavy (non-hydrogen) atoms. The molecule has 0 radical (unpaired) electrons. The minimum atomic E-state index is -0.534. The topological polar surface area (TPSA) is 142 Å². The smallest absolute Gasteiger partial charge is 0.248 e. The second-order valence-corrected chi connectivity index (χ2v) is 7.96. The Kier molecular flexibility index (Phi) is 6.53. The average Bonchev–Trinajstić information content (AvgIpc) is 3.43. The molecular weight excluding hydrogens is 382 g/mol. The Hall–Kier alpha value is -2.59. The van der Waals surface area contributed by atoms with E-state index in [0.29, 0.717) is 11.3 Å². The Balaban J connectivity index is 1.43. The van der Waals surface area contributed by atoms with Crippen molar-refractivity contribution in [2.45, 2.75) is 43.3 Å². The molecule has 4 amide bonds. The largest absolute Gasteiger partial charge is 0.366 e. The SMILES string of the molecule is NC(=O)c1ccc(NC(=O)CSC2NC(=O)CC(CC(=O)NC3CC3)N2)cc1. The zero-order valence-electron chi connectivity index (χ0n) is 15.2. The van der Waals surface area contributed by atoms with Gasteiger partial charge in [-0.25, -0.2) is 0 Å². The maximum absolute atomic E-state index is 12.1. The minimum Gasteiger partial charge on any atom is -0.366 e. The molecule has 0 bridgehead atoms. The standard InChI is InChI=1S/C18H23N5O4S/c19-17(27)10-1-3-11(4-2-10)21-16(26)9-28-18-22-13(8-15(25)23-18)7-14(24)20-12-5-6-12/h1-4,12-13,18,22H,5-9H2,(H2,19,27)(H,20,24)(H,21,26)(H,23,25). The third-order valence-corrected chi connectivity index (χ3v) is 5.34. The van der Waals surface area contributed by atoms with Crippen LogP contribution in [-0.4, -0.2) is 47.0 Å². The van der Waals surface area contributed by atoms with Gasteiger partial charge in [-0.3, -0.25) is 24.5 Å². The van der Waals surface area contributed by atoms with E-state index in [2.05, 4.69) is 21.3 Å². The van der Waals surface area contributed by atoms with Crippen LogP contribution < -0.4 is 27.0 Å². The van der Waals surface area contributed by atoms with Crippen LogP contribution >= 0.6 is 11.8 Å². The Labute approximate surface area is 166 Å². The summed E-state index contributed by atoms with van der Waals surface area (Å²) in [7, 11) is 0. The third-order valence-electron chi connectivity index (χ3n) is 4.32. The summed E-state index contributed by atoms with van der Waals surface area (Å²) in [5, 5.41) is 11.6. The van der Waals surface area contributed by atoms with Crippen molar-refractivity contribution >= 4 is 41.1 Å². The van der Waals surface area contributed by atoms with E-state index in [-0.39, 0.29) is 48.4 Å². The summed E-state index contributed by atoms with van der Waals surface area (Å²) in [4.78, 5) is 47.0. The molecule has 1 saturated carbocycles. The number of nitrogens with one attached hydrogen (secondary N) is 4. The lowest BCUT2D eigenvalue weighted by atomic mass is 10.1. The second kappa shape index (κ2) is 9.07. The molecule has 10 heteroatoms. The maximum Gasteiger partial charge on any atom is 0.248 e. The first kappa shape index (κ1) is 20.2. The molecule has 1 aromatic rings. The van der Waals surface area contributed by atoms with Crippen LogP contribution in [-0.2, 0) is 14.4 Å². The first-order chi connectivity index (χ1) is 13.4. The number of nitrogens with two attached hydrogens (primary N) is 1. The Morgan fingerprint density at radius 1 is 1.14 bits per heavy atom. The van der Waals surface area contributed by atoms with Crippen LogP contribution in [0.1, 0.15) is 36.0 Å². The molecule has 0 aromatic heterocycles. The van der Waals surface area contributed by atoms with Crippen molar-refractivity contribution in [2.24, 2.45) is 5.73 Å². The molecule has 1 aliphatic heterocycles. The molecule has 2 aliphatic rings. The van der Waals surface area contributed by atoms with Gasteiger partial charge in [-0.1, -0.05) is 0 Å². The average molecular weight is 405 g/mol. The lowest BCUT2D eigenvalue weighted by Gasteiger charge is -2.30. The van der Waals surface area contributed by atoms with E-state index in [4.69, 9.17) is 5.73 Å². The molecule has 1 saturated heterocycles. The third kappa shape index (κ3) is 6.24. The van der Waals surface area contributed by atoms with Gasteiger partial charge in [0.05, 0.1) is 5.75 Å². The lowest BCUT2D eigenvalue weighted by molar-refractivity contribution is -0.125. The van der Waals surface area contributed by atoms with Crippen LogP contribution in [0.25, 0.3) is 0 Å². The molecule has 6 N–H and O–H groups in total. The number of carbonyl (C=O) groups excluding carboxylic acids is 4. The Bertz CT molecular complexity index is 766. The number of amides is 4. The Morgan fingerprint density at radius 2 is 1.86 bits per heavy atom. The highest BCUT2D eigenvalue weighted by atomic mass is 32.2. The highest BCUT2D eigenvalue weighted by molar-refractivity contribution is 8.00. The van der Waals surface area contributed by atoms with Gasteiger partial charge >= 0.3 is 0 Å². The number of anilines is 1. The van der Waals surface area contributed by atoms with E-state index in [9.17, 15) is 19.2 Å². The van der Waals surface area contributed by atoms with Crippen LogP contribution in [0.15, 0.2) is 24.3 Å². The van der Waals surface area contributed by atoms with Crippen molar-refractivity contribution in [2.75, 3.05) is 11.1 Å². The lowest BCUT2D eigenvalue weighted by Crippen LogP contribution is -2.56. The minimum absolute atomic E-state index is 0.0596. The first-order valence-corrected chi connectivity index (χ1v) is 10.1. The van der Waals surface area contributed by atoms with E-state index in [1.807, 2.05) is 0 Å². The maximum atomic E-state index is 12.1. The highest BCUT2D eigenvalue weighted by Crippen LogP contribution is 2.20. The summed E-state index contributed by atoms with van der Waals surface area (Å²) < 4.78 is 0. The molecule has 3 rings (SSSR count). The number of benzene rings is 1. The van der Waals surface area contributed by atoms with Crippen molar-refractivity contribution in [1.29, 1.82) is 0 Å². The van der Waals surface area contributed by atoms with Crippen molar-refractivity contribution < 1.29 is 19.2 Å². The fourth-order valence-electron chi connectivity index (χ4n) is 2.78. The monoisotopic (exact) mass is 405 g/mol. The van der Waals surface area contributed by atoms with Gasteiger partial charge < -0.3 is 21.7 Å². The van der Waals surface area contributed by atoms with Gasteiger partial charge in [0.1, 0.15) is 5.50 Å². The van der Waals surface area contributed by atoms with Crippen molar-refractivity contribution in [3.63, 3.8) is 0 Å². The van der Waals surface area contributed by atoms with Crippen LogP contribution in [0.5, 0.6) is 0 Å². The van der Waals surface area contributed by atoms with Gasteiger partial charge in [-0.15, -0.1) is 11.8 Å². The first-order valence-electron chi connectivity index (χ1n) is 9.05. The van der Waals surface area contributed by atoms with Crippen LogP contribution in [0.3, 0.4) is 0 Å². The predicted octanol–water partition coefficient (Wildman–Crippen LogP) is -0.112. The van der Waals surface area contributed by atoms with Gasteiger partial charge in [0.25, 0.3) is 0 Å². The number of thioether (sulfide) groups is 1. The highest BCUT2D eigenvalue weighted by Gasteiger charge is 2.30. The van der Waals surface area contributed by atoms with E-state index in [1.165, 1.54) is 23.9 Å². The summed E-state index contributed by atoms with van der Waals surface area (Å²) in [5.74, 6) is -0.885. The number of hydrogen-bond donors (Lipinski definition) is 5. The van der Waals surface area contributed by atoms with Crippen molar-refractivity contribution in [3.05, 3.63) is 29.8 Å². The molecule has 2 fully saturated rings. The number of carbonyl (C=O) groups is 4. The van der Waals surface area contributed by atoms with E-state index < -0.39 is 11.4 Å². The summed E-state index contributed by atoms with van der Waals surface area (Å²) in [6.45, 7) is 0.